The van der Waals surface area contributed by atoms with E-state index in [4.69, 9.17) is 0 Å². The van der Waals surface area contributed by atoms with Crippen LogP contribution in [0.4, 0.5) is 5.69 Å². The van der Waals surface area contributed by atoms with Gasteiger partial charge in [-0.3, -0.25) is 10.1 Å². The molecule has 1 fully saturated rings. The minimum absolute atomic E-state index is 0.151. The lowest BCUT2D eigenvalue weighted by Crippen LogP contribution is -1.92. The molecule has 0 saturated heterocycles. The van der Waals surface area contributed by atoms with Crippen LogP contribution in [0, 0.1) is 34.8 Å². The third-order valence-corrected chi connectivity index (χ3v) is 2.40. The van der Waals surface area contributed by atoms with Gasteiger partial charge < -0.3 is 0 Å². The van der Waals surface area contributed by atoms with Crippen molar-refractivity contribution in [3.05, 3.63) is 39.4 Å². The van der Waals surface area contributed by atoms with Gasteiger partial charge in [0.25, 0.3) is 5.69 Å². The highest BCUT2D eigenvalue weighted by Crippen LogP contribution is 2.27. The quantitative estimate of drug-likeness (QED) is 0.420. The van der Waals surface area contributed by atoms with Crippen molar-refractivity contribution in [2.24, 2.45) is 5.92 Å². The molecule has 2 rings (SSSR count). The van der Waals surface area contributed by atoms with Gasteiger partial charge in [0.15, 0.2) is 0 Å². The molecule has 90 valence electrons. The smallest absolute Gasteiger partial charge is 0.258 e. The first-order valence-corrected chi connectivity index (χ1v) is 5.93. The number of benzene rings is 1. The van der Waals surface area contributed by atoms with Crippen molar-refractivity contribution in [2.45, 2.75) is 33.6 Å². The highest BCUT2D eigenvalue weighted by Gasteiger charge is 2.18. The van der Waals surface area contributed by atoms with Gasteiger partial charge in [-0.05, 0) is 25.8 Å². The molecule has 0 unspecified atom stereocenters. The SMILES string of the molecule is CC.Cc1ccc(C#CC2CC2)cc1[N+](=O)[O-]. The molecule has 1 aliphatic rings. The average molecular weight is 231 g/mol. The van der Waals surface area contributed by atoms with Crippen molar-refractivity contribution in [3.8, 4) is 11.8 Å². The summed E-state index contributed by atoms with van der Waals surface area (Å²) in [6.07, 6.45) is 2.34. The van der Waals surface area contributed by atoms with Crippen LogP contribution in [0.25, 0.3) is 0 Å². The molecule has 1 saturated carbocycles. The van der Waals surface area contributed by atoms with E-state index in [0.29, 0.717) is 11.5 Å². The Morgan fingerprint density at radius 2 is 2.00 bits per heavy atom. The predicted molar refractivity (Wildman–Crippen MR) is 68.8 cm³/mol. The third-order valence-electron chi connectivity index (χ3n) is 2.40. The van der Waals surface area contributed by atoms with Crippen LogP contribution in [-0.2, 0) is 0 Å². The summed E-state index contributed by atoms with van der Waals surface area (Å²) in [6, 6.07) is 5.12. The van der Waals surface area contributed by atoms with Crippen molar-refractivity contribution in [1.29, 1.82) is 0 Å². The third kappa shape index (κ3) is 3.92. The van der Waals surface area contributed by atoms with Gasteiger partial charge in [0.1, 0.15) is 0 Å². The summed E-state index contributed by atoms with van der Waals surface area (Å²) >= 11 is 0. The Kier molecular flexibility index (Phi) is 4.71. The van der Waals surface area contributed by atoms with E-state index in [1.165, 1.54) is 12.8 Å². The zero-order valence-corrected chi connectivity index (χ0v) is 10.5. The fourth-order valence-corrected chi connectivity index (χ4v) is 1.30. The number of nitrogens with zero attached hydrogens (tertiary/aromatic N) is 1. The predicted octanol–water partition coefficient (Wildman–Crippen LogP) is 3.69. The molecule has 17 heavy (non-hydrogen) atoms. The Labute approximate surface area is 102 Å². The van der Waals surface area contributed by atoms with E-state index in [-0.39, 0.29) is 10.6 Å². The number of nitro benzene ring substituents is 1. The second-order valence-electron chi connectivity index (χ2n) is 3.80. The number of nitro groups is 1. The Hall–Kier alpha value is -1.82. The van der Waals surface area contributed by atoms with E-state index in [0.717, 1.165) is 5.56 Å². The molecule has 0 heterocycles. The van der Waals surface area contributed by atoms with Gasteiger partial charge in [0.2, 0.25) is 0 Å². The highest BCUT2D eigenvalue weighted by atomic mass is 16.6. The van der Waals surface area contributed by atoms with E-state index < -0.39 is 0 Å². The van der Waals surface area contributed by atoms with E-state index in [9.17, 15) is 10.1 Å². The molecule has 1 aliphatic carbocycles. The Balaban J connectivity index is 0.000000686. The Morgan fingerprint density at radius 3 is 2.53 bits per heavy atom. The summed E-state index contributed by atoms with van der Waals surface area (Å²) in [6.45, 7) is 5.73. The molecule has 0 aliphatic heterocycles. The molecular weight excluding hydrogens is 214 g/mol. The molecule has 1 aromatic rings. The summed E-state index contributed by atoms with van der Waals surface area (Å²) in [5.41, 5.74) is 1.56. The number of aryl methyl sites for hydroxylation is 1. The lowest BCUT2D eigenvalue weighted by Gasteiger charge is -1.96. The molecule has 0 aromatic heterocycles. The molecule has 0 bridgehead atoms. The fourth-order valence-electron chi connectivity index (χ4n) is 1.30. The van der Waals surface area contributed by atoms with Crippen LogP contribution in [0.2, 0.25) is 0 Å². The average Bonchev–Trinajstić information content (AvgIpc) is 3.14. The molecule has 3 heteroatoms. The maximum Gasteiger partial charge on any atom is 0.273 e. The van der Waals surface area contributed by atoms with Gasteiger partial charge in [-0.2, -0.15) is 0 Å². The maximum absolute atomic E-state index is 10.7. The van der Waals surface area contributed by atoms with Gasteiger partial charge in [-0.15, -0.1) is 0 Å². The summed E-state index contributed by atoms with van der Waals surface area (Å²) < 4.78 is 0. The Bertz CT molecular complexity index is 465. The van der Waals surface area contributed by atoms with Crippen LogP contribution in [-0.4, -0.2) is 4.92 Å². The van der Waals surface area contributed by atoms with E-state index in [1.807, 2.05) is 19.9 Å². The zero-order valence-electron chi connectivity index (χ0n) is 10.5. The normalized spacial score (nSPS) is 12.9. The van der Waals surface area contributed by atoms with Gasteiger partial charge in [-0.25, -0.2) is 0 Å². The first-order chi connectivity index (χ1) is 8.16. The summed E-state index contributed by atoms with van der Waals surface area (Å²) in [5.74, 6) is 6.58. The molecule has 0 spiro atoms. The molecule has 1 aromatic carbocycles. The molecule has 3 nitrogen and oxygen atoms in total. The van der Waals surface area contributed by atoms with Crippen molar-refractivity contribution in [2.75, 3.05) is 0 Å². The molecule has 0 N–H and O–H groups in total. The van der Waals surface area contributed by atoms with Crippen LogP contribution in [0.1, 0.15) is 37.8 Å². The largest absolute Gasteiger partial charge is 0.273 e. The first kappa shape index (κ1) is 13.2. The van der Waals surface area contributed by atoms with Crippen molar-refractivity contribution in [3.63, 3.8) is 0 Å². The Morgan fingerprint density at radius 1 is 1.35 bits per heavy atom. The fraction of sp³-hybridized carbons (Fsp3) is 0.429. The highest BCUT2D eigenvalue weighted by molar-refractivity contribution is 5.48. The zero-order chi connectivity index (χ0) is 12.8. The van der Waals surface area contributed by atoms with Gasteiger partial charge in [-0.1, -0.05) is 31.8 Å². The van der Waals surface area contributed by atoms with Crippen LogP contribution in [0.15, 0.2) is 18.2 Å². The first-order valence-electron chi connectivity index (χ1n) is 5.93. The number of rotatable bonds is 1. The van der Waals surface area contributed by atoms with Gasteiger partial charge >= 0.3 is 0 Å². The topological polar surface area (TPSA) is 43.1 Å². The number of hydrogen-bond acceptors (Lipinski definition) is 2. The van der Waals surface area contributed by atoms with E-state index in [2.05, 4.69) is 11.8 Å². The van der Waals surface area contributed by atoms with E-state index >= 15 is 0 Å². The van der Waals surface area contributed by atoms with Crippen LogP contribution < -0.4 is 0 Å². The lowest BCUT2D eigenvalue weighted by molar-refractivity contribution is -0.385. The van der Waals surface area contributed by atoms with Crippen molar-refractivity contribution >= 4 is 5.69 Å². The summed E-state index contributed by atoms with van der Waals surface area (Å²) in [4.78, 5) is 10.3. The minimum atomic E-state index is -0.363. The monoisotopic (exact) mass is 231 g/mol. The lowest BCUT2D eigenvalue weighted by atomic mass is 10.1. The molecule has 0 radical (unpaired) electrons. The number of hydrogen-bond donors (Lipinski definition) is 0. The van der Waals surface area contributed by atoms with Crippen molar-refractivity contribution in [1.82, 2.24) is 0 Å². The maximum atomic E-state index is 10.7. The molecule has 0 atom stereocenters. The molecule has 0 amide bonds. The summed E-state index contributed by atoms with van der Waals surface area (Å²) in [5, 5.41) is 10.7. The van der Waals surface area contributed by atoms with Crippen LogP contribution in [0.5, 0.6) is 0 Å². The second-order valence-corrected chi connectivity index (χ2v) is 3.80. The minimum Gasteiger partial charge on any atom is -0.258 e. The second kappa shape index (κ2) is 6.05. The van der Waals surface area contributed by atoms with Crippen molar-refractivity contribution < 1.29 is 4.92 Å². The molecular formula is C14H17NO2. The van der Waals surface area contributed by atoms with E-state index in [1.54, 1.807) is 19.1 Å². The van der Waals surface area contributed by atoms with Gasteiger partial charge in [0, 0.05) is 23.1 Å². The van der Waals surface area contributed by atoms with Gasteiger partial charge in [0.05, 0.1) is 4.92 Å². The van der Waals surface area contributed by atoms with Crippen LogP contribution >= 0.6 is 0 Å². The summed E-state index contributed by atoms with van der Waals surface area (Å²) in [7, 11) is 0. The van der Waals surface area contributed by atoms with Crippen LogP contribution in [0.3, 0.4) is 0 Å². The standard InChI is InChI=1S/C12H11NO2.C2H6/c1-9-2-3-11(7-6-10-4-5-10)8-12(9)13(14)15;1-2/h2-3,8,10H,4-5H2,1H3;1-2H3.